The monoisotopic (exact) mass is 341 g/mol. The van der Waals surface area contributed by atoms with Crippen molar-refractivity contribution in [2.75, 3.05) is 20.1 Å². The first-order valence-corrected chi connectivity index (χ1v) is 8.30. The number of aryl methyl sites for hydroxylation is 1. The van der Waals surface area contributed by atoms with Crippen LogP contribution in [0.2, 0.25) is 0 Å². The Morgan fingerprint density at radius 2 is 2.16 bits per heavy atom. The molecule has 0 bridgehead atoms. The molecule has 0 aromatic carbocycles. The maximum absolute atomic E-state index is 4.70. The van der Waals surface area contributed by atoms with Crippen LogP contribution in [0.1, 0.15) is 18.6 Å². The largest absolute Gasteiger partial charge is 0.357 e. The summed E-state index contributed by atoms with van der Waals surface area (Å²) in [6.45, 7) is 4.12. The van der Waals surface area contributed by atoms with Crippen LogP contribution in [0.25, 0.3) is 5.65 Å². The average molecular weight is 341 g/mol. The van der Waals surface area contributed by atoms with Crippen LogP contribution in [0.4, 0.5) is 0 Å². The number of nitrogens with zero attached hydrogens (tertiary/aromatic N) is 8. The second kappa shape index (κ2) is 7.73. The minimum absolute atomic E-state index is 0.626. The highest BCUT2D eigenvalue weighted by Gasteiger charge is 2.10. The molecule has 25 heavy (non-hydrogen) atoms. The average Bonchev–Trinajstić information content (AvgIpc) is 3.21. The van der Waals surface area contributed by atoms with E-state index in [1.807, 2.05) is 47.8 Å². The Balaban J connectivity index is 1.66. The molecular formula is C16H23N9. The molecule has 3 heterocycles. The molecule has 3 rings (SSSR count). The lowest BCUT2D eigenvalue weighted by atomic mass is 10.4. The van der Waals surface area contributed by atoms with Crippen molar-refractivity contribution in [3.05, 3.63) is 42.4 Å². The van der Waals surface area contributed by atoms with Gasteiger partial charge in [-0.15, -0.1) is 10.2 Å². The number of guanidine groups is 1. The third-order valence-electron chi connectivity index (χ3n) is 3.86. The van der Waals surface area contributed by atoms with Crippen molar-refractivity contribution >= 4 is 11.6 Å². The zero-order valence-electron chi connectivity index (χ0n) is 14.8. The molecule has 0 saturated carbocycles. The van der Waals surface area contributed by atoms with Gasteiger partial charge in [0, 0.05) is 39.8 Å². The van der Waals surface area contributed by atoms with Gasteiger partial charge in [0.15, 0.2) is 11.6 Å². The Morgan fingerprint density at radius 3 is 2.92 bits per heavy atom. The predicted molar refractivity (Wildman–Crippen MR) is 95.1 cm³/mol. The molecule has 0 saturated heterocycles. The molecule has 0 radical (unpaired) electrons. The van der Waals surface area contributed by atoms with Crippen LogP contribution < -0.4 is 5.32 Å². The van der Waals surface area contributed by atoms with Crippen LogP contribution in [0.15, 0.2) is 35.7 Å². The van der Waals surface area contributed by atoms with Gasteiger partial charge >= 0.3 is 0 Å². The van der Waals surface area contributed by atoms with Crippen LogP contribution in [0.5, 0.6) is 0 Å². The summed E-state index contributed by atoms with van der Waals surface area (Å²) < 4.78 is 3.76. The Kier molecular flexibility index (Phi) is 5.22. The minimum atomic E-state index is 0.626. The van der Waals surface area contributed by atoms with E-state index in [9.17, 15) is 0 Å². The lowest BCUT2D eigenvalue weighted by Crippen LogP contribution is -2.39. The normalized spacial score (nSPS) is 11.9. The summed E-state index contributed by atoms with van der Waals surface area (Å²) in [5.41, 5.74) is 0.854. The highest BCUT2D eigenvalue weighted by molar-refractivity contribution is 5.79. The zero-order chi connectivity index (χ0) is 17.6. The molecule has 0 unspecified atom stereocenters. The van der Waals surface area contributed by atoms with Crippen LogP contribution in [0.3, 0.4) is 0 Å². The van der Waals surface area contributed by atoms with Gasteiger partial charge in [-0.1, -0.05) is 6.07 Å². The minimum Gasteiger partial charge on any atom is -0.357 e. The summed E-state index contributed by atoms with van der Waals surface area (Å²) in [6.07, 6.45) is 4.25. The highest BCUT2D eigenvalue weighted by atomic mass is 15.4. The lowest BCUT2D eigenvalue weighted by Gasteiger charge is -2.21. The maximum Gasteiger partial charge on any atom is 0.194 e. The van der Waals surface area contributed by atoms with Gasteiger partial charge in [-0.3, -0.25) is 14.1 Å². The molecule has 3 aromatic heterocycles. The number of aliphatic imine (C=N–C) groups is 1. The van der Waals surface area contributed by atoms with E-state index < -0.39 is 0 Å². The van der Waals surface area contributed by atoms with Crippen molar-refractivity contribution in [2.45, 2.75) is 19.9 Å². The summed E-state index contributed by atoms with van der Waals surface area (Å²) in [5, 5.41) is 15.8. The molecule has 9 heteroatoms. The molecule has 0 fully saturated rings. The zero-order valence-corrected chi connectivity index (χ0v) is 14.8. The fourth-order valence-electron chi connectivity index (χ4n) is 2.54. The topological polar surface area (TPSA) is 88.5 Å². The van der Waals surface area contributed by atoms with Gasteiger partial charge in [0.1, 0.15) is 18.0 Å². The van der Waals surface area contributed by atoms with Gasteiger partial charge in [-0.05, 0) is 19.1 Å². The summed E-state index contributed by atoms with van der Waals surface area (Å²) in [5.74, 6) is 2.63. The van der Waals surface area contributed by atoms with Crippen molar-refractivity contribution in [1.29, 1.82) is 0 Å². The fourth-order valence-corrected chi connectivity index (χ4v) is 2.54. The first-order chi connectivity index (χ1) is 12.2. The second-order valence-electron chi connectivity index (χ2n) is 5.69. The standard InChI is InChI=1S/C16H23N9/c1-4-17-16(23(2)11-15-19-12-20-24(15)3)18-9-8-14-22-21-13-7-5-6-10-25(13)14/h5-7,10,12H,4,8-9,11H2,1-3H3,(H,17,18). The molecule has 3 aromatic rings. The number of hydrogen-bond donors (Lipinski definition) is 1. The maximum atomic E-state index is 4.70. The van der Waals surface area contributed by atoms with Gasteiger partial charge in [-0.25, -0.2) is 4.98 Å². The fraction of sp³-hybridized carbons (Fsp3) is 0.438. The number of fused-ring (bicyclic) bond motifs is 1. The van der Waals surface area contributed by atoms with Crippen molar-refractivity contribution in [1.82, 2.24) is 39.6 Å². The van der Waals surface area contributed by atoms with Gasteiger partial charge < -0.3 is 10.2 Å². The van der Waals surface area contributed by atoms with Gasteiger partial charge in [0.25, 0.3) is 0 Å². The number of nitrogens with one attached hydrogen (secondary N) is 1. The Morgan fingerprint density at radius 1 is 1.28 bits per heavy atom. The van der Waals surface area contributed by atoms with Crippen LogP contribution in [0, 0.1) is 0 Å². The second-order valence-corrected chi connectivity index (χ2v) is 5.69. The third-order valence-corrected chi connectivity index (χ3v) is 3.86. The predicted octanol–water partition coefficient (Wildman–Crippen LogP) is 0.498. The summed E-state index contributed by atoms with van der Waals surface area (Å²) >= 11 is 0. The summed E-state index contributed by atoms with van der Waals surface area (Å²) in [6, 6.07) is 5.87. The van der Waals surface area contributed by atoms with Crippen LogP contribution in [-0.2, 0) is 20.0 Å². The summed E-state index contributed by atoms with van der Waals surface area (Å²) in [4.78, 5) is 11.0. The molecule has 0 aliphatic rings. The van der Waals surface area contributed by atoms with Crippen molar-refractivity contribution in [3.63, 3.8) is 0 Å². The van der Waals surface area contributed by atoms with Gasteiger partial charge in [0.2, 0.25) is 0 Å². The first-order valence-electron chi connectivity index (χ1n) is 8.30. The molecule has 0 spiro atoms. The van der Waals surface area contributed by atoms with E-state index in [0.717, 1.165) is 36.2 Å². The quantitative estimate of drug-likeness (QED) is 0.519. The van der Waals surface area contributed by atoms with Crippen LogP contribution >= 0.6 is 0 Å². The number of hydrogen-bond acceptors (Lipinski definition) is 5. The molecule has 132 valence electrons. The highest BCUT2D eigenvalue weighted by Crippen LogP contribution is 2.04. The van der Waals surface area contributed by atoms with E-state index in [1.54, 1.807) is 11.0 Å². The smallest absolute Gasteiger partial charge is 0.194 e. The lowest BCUT2D eigenvalue weighted by molar-refractivity contribution is 0.448. The van der Waals surface area contributed by atoms with E-state index in [4.69, 9.17) is 4.99 Å². The number of pyridine rings is 1. The van der Waals surface area contributed by atoms with Crippen LogP contribution in [-0.4, -0.2) is 60.4 Å². The molecular weight excluding hydrogens is 318 g/mol. The van der Waals surface area contributed by atoms with E-state index in [-0.39, 0.29) is 0 Å². The third kappa shape index (κ3) is 3.93. The van der Waals surface area contributed by atoms with Gasteiger partial charge in [-0.2, -0.15) is 5.10 Å². The SMILES string of the molecule is CCNC(=NCCc1nnc2ccccn12)N(C)Cc1ncnn1C. The van der Waals surface area contributed by atoms with E-state index in [1.165, 1.54) is 0 Å². The van der Waals surface area contributed by atoms with E-state index in [2.05, 4.69) is 32.5 Å². The molecule has 9 nitrogen and oxygen atoms in total. The molecule has 0 aliphatic carbocycles. The molecule has 0 aliphatic heterocycles. The van der Waals surface area contributed by atoms with E-state index in [0.29, 0.717) is 13.1 Å². The Labute approximate surface area is 146 Å². The molecule has 1 N–H and O–H groups in total. The van der Waals surface area contributed by atoms with Crippen molar-refractivity contribution < 1.29 is 0 Å². The molecule has 0 atom stereocenters. The van der Waals surface area contributed by atoms with Crippen molar-refractivity contribution in [2.24, 2.45) is 12.0 Å². The van der Waals surface area contributed by atoms with E-state index >= 15 is 0 Å². The van der Waals surface area contributed by atoms with Gasteiger partial charge in [0.05, 0.1) is 6.54 Å². The number of rotatable bonds is 6. The molecule has 0 amide bonds. The summed E-state index contributed by atoms with van der Waals surface area (Å²) in [7, 11) is 3.87. The Hall–Kier alpha value is -2.97. The first kappa shape index (κ1) is 16.9. The van der Waals surface area contributed by atoms with Crippen molar-refractivity contribution in [3.8, 4) is 0 Å². The Bertz CT molecular complexity index is 848. The number of aromatic nitrogens is 6.